The molecule has 0 atom stereocenters. The lowest BCUT2D eigenvalue weighted by molar-refractivity contribution is 0.590. The summed E-state index contributed by atoms with van der Waals surface area (Å²) in [5.41, 5.74) is 17.4. The van der Waals surface area contributed by atoms with Crippen LogP contribution in [0.4, 0.5) is 0 Å². The van der Waals surface area contributed by atoms with Crippen molar-refractivity contribution in [3.8, 4) is 50.7 Å². The van der Waals surface area contributed by atoms with Crippen molar-refractivity contribution in [2.45, 2.75) is 26.2 Å². The number of aromatic nitrogens is 5. The number of hydrogen-bond acceptors (Lipinski definition) is 2. The molecule has 0 aliphatic rings. The minimum atomic E-state index is 0.0998. The van der Waals surface area contributed by atoms with Gasteiger partial charge in [0.1, 0.15) is 0 Å². The van der Waals surface area contributed by atoms with Crippen LogP contribution in [0, 0.1) is 0 Å². The van der Waals surface area contributed by atoms with Gasteiger partial charge in [0.15, 0.2) is 0 Å². The van der Waals surface area contributed by atoms with Crippen LogP contribution in [0.2, 0.25) is 0 Å². The van der Waals surface area contributed by atoms with E-state index in [0.717, 1.165) is 44.4 Å². The summed E-state index contributed by atoms with van der Waals surface area (Å²) in [6, 6.07) is 74.9. The smallest absolute Gasteiger partial charge is 0.234 e. The van der Waals surface area contributed by atoms with Gasteiger partial charge in [0.05, 0.1) is 33.1 Å². The van der Waals surface area contributed by atoms with E-state index in [-0.39, 0.29) is 5.41 Å². The van der Waals surface area contributed by atoms with E-state index in [0.29, 0.717) is 5.95 Å². The van der Waals surface area contributed by atoms with E-state index in [1.54, 1.807) is 0 Å². The zero-order chi connectivity index (χ0) is 44.8. The molecule has 0 N–H and O–H groups in total. The van der Waals surface area contributed by atoms with Crippen molar-refractivity contribution in [2.75, 3.05) is 0 Å². The van der Waals surface area contributed by atoms with E-state index < -0.39 is 0 Å². The van der Waals surface area contributed by atoms with Crippen molar-refractivity contribution >= 4 is 65.4 Å². The molecule has 4 heterocycles. The Bertz CT molecular complexity index is 4040. The summed E-state index contributed by atoms with van der Waals surface area (Å²) in [4.78, 5) is 10.2. The molecule has 9 aromatic carbocycles. The van der Waals surface area contributed by atoms with Gasteiger partial charge in [-0.25, -0.2) is 9.97 Å². The van der Waals surface area contributed by atoms with Gasteiger partial charge < -0.3 is 9.13 Å². The summed E-state index contributed by atoms with van der Waals surface area (Å²) in [6.45, 7) is 6.78. The molecule has 13 aromatic rings. The number of benzene rings is 9. The Morgan fingerprint density at radius 1 is 0.299 bits per heavy atom. The van der Waals surface area contributed by atoms with Gasteiger partial charge in [0.25, 0.3) is 0 Å². The minimum absolute atomic E-state index is 0.0998. The van der Waals surface area contributed by atoms with Crippen LogP contribution in [0.25, 0.3) is 116 Å². The number of hydrogen-bond donors (Lipinski definition) is 0. The van der Waals surface area contributed by atoms with Crippen LogP contribution >= 0.6 is 0 Å². The quantitative estimate of drug-likeness (QED) is 0.167. The lowest BCUT2D eigenvalue weighted by atomic mass is 9.86. The second-order valence-corrected chi connectivity index (χ2v) is 18.7. The predicted molar refractivity (Wildman–Crippen MR) is 280 cm³/mol. The topological polar surface area (TPSA) is 40.6 Å². The molecule has 13 rings (SSSR count). The summed E-state index contributed by atoms with van der Waals surface area (Å²) >= 11 is 0. The number of rotatable bonds is 6. The third-order valence-corrected chi connectivity index (χ3v) is 13.7. The van der Waals surface area contributed by atoms with Gasteiger partial charge in [-0.1, -0.05) is 142 Å². The highest BCUT2D eigenvalue weighted by Crippen LogP contribution is 2.40. The maximum Gasteiger partial charge on any atom is 0.234 e. The first-order chi connectivity index (χ1) is 32.9. The first-order valence-corrected chi connectivity index (χ1v) is 23.1. The Hall–Kier alpha value is -8.54. The minimum Gasteiger partial charge on any atom is -0.309 e. The van der Waals surface area contributed by atoms with Crippen LogP contribution < -0.4 is 0 Å². The third kappa shape index (κ3) is 6.30. The van der Waals surface area contributed by atoms with Gasteiger partial charge in [-0.3, -0.25) is 4.57 Å². The first-order valence-electron chi connectivity index (χ1n) is 23.1. The molecule has 318 valence electrons. The molecule has 0 radical (unpaired) electrons. The molecule has 0 aliphatic carbocycles. The maximum atomic E-state index is 5.09. The highest BCUT2D eigenvalue weighted by Gasteiger charge is 2.19. The summed E-state index contributed by atoms with van der Waals surface area (Å²) in [5, 5.41) is 7.20. The van der Waals surface area contributed by atoms with Crippen molar-refractivity contribution in [1.29, 1.82) is 0 Å². The number of nitrogens with zero attached hydrogens (tertiary/aromatic N) is 5. The van der Waals surface area contributed by atoms with Gasteiger partial charge in [-0.2, -0.15) is 0 Å². The van der Waals surface area contributed by atoms with Gasteiger partial charge in [-0.15, -0.1) is 0 Å². The standard InChI is InChI=1S/C62H45N5/c1-62(2,3)46-28-22-40(23-29-46)41-24-30-58-53(34-41)54-37-44(27-32-59(54)66(58)48-16-8-5-9-17-48)45-38-63-61(64-39-45)67-56-21-13-11-19-50(56)52-36-43(26-33-60(52)67)42-25-31-57-51(35-42)49-18-10-12-20-55(49)65(57)47-14-6-4-7-15-47/h4-39H,1-3H3. The number of para-hydroxylation sites is 4. The monoisotopic (exact) mass is 859 g/mol. The van der Waals surface area contributed by atoms with Crippen LogP contribution in [0.1, 0.15) is 26.3 Å². The average molecular weight is 860 g/mol. The van der Waals surface area contributed by atoms with Crippen LogP contribution in [0.5, 0.6) is 0 Å². The van der Waals surface area contributed by atoms with Gasteiger partial charge >= 0.3 is 0 Å². The Morgan fingerprint density at radius 2 is 0.642 bits per heavy atom. The Labute approximate surface area is 388 Å². The van der Waals surface area contributed by atoms with Crippen LogP contribution in [-0.2, 0) is 5.41 Å². The van der Waals surface area contributed by atoms with Gasteiger partial charge in [0, 0.05) is 61.6 Å². The summed E-state index contributed by atoms with van der Waals surface area (Å²) < 4.78 is 6.93. The fraction of sp³-hybridized carbons (Fsp3) is 0.0645. The van der Waals surface area contributed by atoms with Crippen molar-refractivity contribution < 1.29 is 0 Å². The van der Waals surface area contributed by atoms with Crippen molar-refractivity contribution in [1.82, 2.24) is 23.7 Å². The van der Waals surface area contributed by atoms with Crippen LogP contribution in [0.3, 0.4) is 0 Å². The summed E-state index contributed by atoms with van der Waals surface area (Å²) in [6.07, 6.45) is 3.94. The fourth-order valence-electron chi connectivity index (χ4n) is 10.4. The Balaban J connectivity index is 0.890. The first kappa shape index (κ1) is 38.9. The molecule has 0 saturated heterocycles. The van der Waals surface area contributed by atoms with Crippen molar-refractivity contribution in [2.24, 2.45) is 0 Å². The second kappa shape index (κ2) is 15.0. The summed E-state index contributed by atoms with van der Waals surface area (Å²) in [7, 11) is 0. The lowest BCUT2D eigenvalue weighted by Crippen LogP contribution is -2.10. The second-order valence-electron chi connectivity index (χ2n) is 18.7. The average Bonchev–Trinajstić information content (AvgIpc) is 4.01. The lowest BCUT2D eigenvalue weighted by Gasteiger charge is -2.19. The maximum absolute atomic E-state index is 5.09. The van der Waals surface area contributed by atoms with E-state index in [2.05, 4.69) is 241 Å². The fourth-order valence-corrected chi connectivity index (χ4v) is 10.4. The van der Waals surface area contributed by atoms with E-state index in [1.165, 1.54) is 71.3 Å². The van der Waals surface area contributed by atoms with Gasteiger partial charge in [0.2, 0.25) is 5.95 Å². The van der Waals surface area contributed by atoms with E-state index in [4.69, 9.17) is 9.97 Å². The largest absolute Gasteiger partial charge is 0.309 e. The molecule has 0 bridgehead atoms. The molecule has 0 fully saturated rings. The third-order valence-electron chi connectivity index (χ3n) is 13.7. The molecule has 0 unspecified atom stereocenters. The molecule has 0 aliphatic heterocycles. The molecule has 0 saturated carbocycles. The van der Waals surface area contributed by atoms with E-state index in [1.807, 2.05) is 12.4 Å². The normalized spacial score (nSPS) is 12.1. The molecular formula is C62H45N5. The Kier molecular flexibility index (Phi) is 8.71. The summed E-state index contributed by atoms with van der Waals surface area (Å²) in [5.74, 6) is 0.640. The molecular weight excluding hydrogens is 815 g/mol. The van der Waals surface area contributed by atoms with Crippen LogP contribution in [0.15, 0.2) is 219 Å². The zero-order valence-corrected chi connectivity index (χ0v) is 37.5. The molecule has 4 aromatic heterocycles. The molecule has 67 heavy (non-hydrogen) atoms. The van der Waals surface area contributed by atoms with Crippen molar-refractivity contribution in [3.63, 3.8) is 0 Å². The van der Waals surface area contributed by atoms with E-state index in [9.17, 15) is 0 Å². The van der Waals surface area contributed by atoms with E-state index >= 15 is 0 Å². The van der Waals surface area contributed by atoms with Gasteiger partial charge in [-0.05, 0) is 124 Å². The highest BCUT2D eigenvalue weighted by atomic mass is 15.1. The predicted octanol–water partition coefficient (Wildman–Crippen LogP) is 16.1. The van der Waals surface area contributed by atoms with Crippen molar-refractivity contribution in [3.05, 3.63) is 224 Å². The Morgan fingerprint density at radius 3 is 1.10 bits per heavy atom. The van der Waals surface area contributed by atoms with Crippen LogP contribution in [-0.4, -0.2) is 23.7 Å². The molecule has 5 nitrogen and oxygen atoms in total. The molecule has 5 heteroatoms. The molecule has 0 amide bonds. The highest BCUT2D eigenvalue weighted by molar-refractivity contribution is 6.13. The molecule has 0 spiro atoms. The zero-order valence-electron chi connectivity index (χ0n) is 37.5. The number of fused-ring (bicyclic) bond motifs is 9. The SMILES string of the molecule is CC(C)(C)c1ccc(-c2ccc3c(c2)c2cc(-c4cnc(-n5c6ccccc6c6cc(-c7ccc8c(c7)c7ccccc7n8-c7ccccc7)ccc65)nc4)ccc2n3-c2ccccc2)cc1.